The number of aliphatic carboxylic acids is 1. The number of amides is 2. The summed E-state index contributed by atoms with van der Waals surface area (Å²) in [6, 6.07) is -0.146. The Kier molecular flexibility index (Phi) is 6.95. The van der Waals surface area contributed by atoms with Crippen LogP contribution in [0.4, 0.5) is 4.79 Å². The topological polar surface area (TPSA) is 81.1 Å². The zero-order valence-electron chi connectivity index (χ0n) is 13.2. The first-order valence-corrected chi connectivity index (χ1v) is 7.89. The highest BCUT2D eigenvalue weighted by atomic mass is 16.4. The zero-order valence-corrected chi connectivity index (χ0v) is 13.2. The molecule has 6 heteroatoms. The lowest BCUT2D eigenvalue weighted by Crippen LogP contribution is -2.54. The predicted molar refractivity (Wildman–Crippen MR) is 80.1 cm³/mol. The molecule has 2 N–H and O–H groups in total. The van der Waals surface area contributed by atoms with Crippen LogP contribution in [0.1, 0.15) is 46.0 Å². The van der Waals surface area contributed by atoms with E-state index in [-0.39, 0.29) is 19.2 Å². The maximum atomic E-state index is 12.5. The number of hydrogen-bond donors (Lipinski definition) is 2. The van der Waals surface area contributed by atoms with E-state index in [9.17, 15) is 14.7 Å². The molecule has 21 heavy (non-hydrogen) atoms. The molecule has 1 saturated heterocycles. The predicted octanol–water partition coefficient (Wildman–Crippen LogP) is 1.78. The summed E-state index contributed by atoms with van der Waals surface area (Å²) in [5, 5.41) is 18.7. The van der Waals surface area contributed by atoms with Crippen molar-refractivity contribution in [1.29, 1.82) is 0 Å². The maximum Gasteiger partial charge on any atom is 0.320 e. The van der Waals surface area contributed by atoms with Gasteiger partial charge in [-0.25, -0.2) is 4.79 Å². The van der Waals surface area contributed by atoms with Crippen LogP contribution in [0.2, 0.25) is 0 Å². The Morgan fingerprint density at radius 1 is 1.24 bits per heavy atom. The van der Waals surface area contributed by atoms with E-state index in [1.165, 1.54) is 0 Å². The first-order valence-electron chi connectivity index (χ1n) is 7.89. The molecule has 0 spiro atoms. The van der Waals surface area contributed by atoms with Gasteiger partial charge in [0.1, 0.15) is 0 Å². The molecular formula is C15H28N2O4. The van der Waals surface area contributed by atoms with E-state index < -0.39 is 11.4 Å². The molecule has 0 saturated carbocycles. The normalized spacial score (nSPS) is 22.1. The van der Waals surface area contributed by atoms with Crippen molar-refractivity contribution < 1.29 is 19.8 Å². The Labute approximate surface area is 126 Å². The van der Waals surface area contributed by atoms with Crippen LogP contribution in [-0.4, -0.2) is 64.8 Å². The second-order valence-corrected chi connectivity index (χ2v) is 5.85. The van der Waals surface area contributed by atoms with Gasteiger partial charge in [0.15, 0.2) is 0 Å². The van der Waals surface area contributed by atoms with Crippen molar-refractivity contribution in [2.45, 2.75) is 46.0 Å². The van der Waals surface area contributed by atoms with Crippen LogP contribution >= 0.6 is 0 Å². The van der Waals surface area contributed by atoms with E-state index in [0.717, 1.165) is 19.3 Å². The van der Waals surface area contributed by atoms with Gasteiger partial charge in [-0.3, -0.25) is 4.79 Å². The Balaban J connectivity index is 2.82. The number of nitrogens with zero attached hydrogens (tertiary/aromatic N) is 2. The highest BCUT2D eigenvalue weighted by Crippen LogP contribution is 2.35. The van der Waals surface area contributed by atoms with Crippen molar-refractivity contribution in [2.24, 2.45) is 5.41 Å². The number of rotatable bonds is 7. The SMILES string of the molecule is CCCN(CCO)C(=O)N1CCCC(CCC)(C(=O)O)C1. The Hall–Kier alpha value is -1.30. The van der Waals surface area contributed by atoms with Gasteiger partial charge < -0.3 is 20.0 Å². The van der Waals surface area contributed by atoms with Crippen molar-refractivity contribution in [1.82, 2.24) is 9.80 Å². The number of likely N-dealkylation sites (tertiary alicyclic amines) is 1. The van der Waals surface area contributed by atoms with E-state index in [4.69, 9.17) is 5.11 Å². The van der Waals surface area contributed by atoms with E-state index in [0.29, 0.717) is 32.5 Å². The third kappa shape index (κ3) is 4.33. The number of carboxylic acids is 1. The molecule has 0 aliphatic carbocycles. The molecule has 122 valence electrons. The third-order valence-corrected chi connectivity index (χ3v) is 4.16. The van der Waals surface area contributed by atoms with Crippen LogP contribution in [0.5, 0.6) is 0 Å². The van der Waals surface area contributed by atoms with Crippen molar-refractivity contribution in [2.75, 3.05) is 32.8 Å². The number of carbonyl (C=O) groups is 2. The summed E-state index contributed by atoms with van der Waals surface area (Å²) in [6.07, 6.45) is 3.56. The Bertz CT molecular complexity index is 352. The fourth-order valence-electron chi connectivity index (χ4n) is 3.15. The fourth-order valence-corrected chi connectivity index (χ4v) is 3.15. The van der Waals surface area contributed by atoms with Crippen LogP contribution in [0.25, 0.3) is 0 Å². The van der Waals surface area contributed by atoms with Crippen LogP contribution in [0.3, 0.4) is 0 Å². The summed E-state index contributed by atoms with van der Waals surface area (Å²) in [5.41, 5.74) is -0.806. The fraction of sp³-hybridized carbons (Fsp3) is 0.867. The largest absolute Gasteiger partial charge is 0.481 e. The van der Waals surface area contributed by atoms with Gasteiger partial charge in [-0.1, -0.05) is 20.3 Å². The average Bonchev–Trinajstić information content (AvgIpc) is 2.46. The van der Waals surface area contributed by atoms with Crippen LogP contribution < -0.4 is 0 Å². The number of hydrogen-bond acceptors (Lipinski definition) is 3. The number of piperidine rings is 1. The van der Waals surface area contributed by atoms with Crippen LogP contribution in [0, 0.1) is 5.41 Å². The number of carbonyl (C=O) groups excluding carboxylic acids is 1. The number of aliphatic hydroxyl groups excluding tert-OH is 1. The van der Waals surface area contributed by atoms with Gasteiger partial charge in [-0.05, 0) is 25.7 Å². The highest BCUT2D eigenvalue weighted by molar-refractivity contribution is 5.79. The summed E-state index contributed by atoms with van der Waals surface area (Å²) in [7, 11) is 0. The molecule has 0 bridgehead atoms. The van der Waals surface area contributed by atoms with Gasteiger partial charge in [-0.15, -0.1) is 0 Å². The van der Waals surface area contributed by atoms with Gasteiger partial charge in [-0.2, -0.15) is 0 Å². The standard InChI is InChI=1S/C15H28N2O4/c1-3-6-15(13(19)20)7-5-9-17(12-15)14(21)16(8-4-2)10-11-18/h18H,3-12H2,1-2H3,(H,19,20). The molecule has 1 atom stereocenters. The number of carboxylic acid groups (broad SMARTS) is 1. The lowest BCUT2D eigenvalue weighted by atomic mass is 9.76. The summed E-state index contributed by atoms with van der Waals surface area (Å²) < 4.78 is 0. The molecule has 6 nitrogen and oxygen atoms in total. The molecule has 1 fully saturated rings. The lowest BCUT2D eigenvalue weighted by molar-refractivity contribution is -0.152. The molecule has 0 aromatic heterocycles. The van der Waals surface area contributed by atoms with Crippen molar-refractivity contribution in [3.63, 3.8) is 0 Å². The average molecular weight is 300 g/mol. The van der Waals surface area contributed by atoms with Gasteiger partial charge in [0.25, 0.3) is 0 Å². The molecule has 2 amide bonds. The smallest absolute Gasteiger partial charge is 0.320 e. The van der Waals surface area contributed by atoms with Crippen LogP contribution in [-0.2, 0) is 4.79 Å². The molecule has 1 heterocycles. The Morgan fingerprint density at radius 3 is 2.48 bits per heavy atom. The minimum atomic E-state index is -0.806. The van der Waals surface area contributed by atoms with Gasteiger partial charge in [0.2, 0.25) is 0 Å². The van der Waals surface area contributed by atoms with Crippen molar-refractivity contribution >= 4 is 12.0 Å². The first-order chi connectivity index (χ1) is 10.0. The van der Waals surface area contributed by atoms with E-state index in [2.05, 4.69) is 0 Å². The zero-order chi connectivity index (χ0) is 15.9. The molecule has 0 radical (unpaired) electrons. The number of aliphatic hydroxyl groups is 1. The molecule has 1 aliphatic rings. The summed E-state index contributed by atoms with van der Waals surface area (Å²) in [6.45, 7) is 5.65. The van der Waals surface area contributed by atoms with E-state index in [1.54, 1.807) is 9.80 Å². The molecule has 1 rings (SSSR count). The lowest BCUT2D eigenvalue weighted by Gasteiger charge is -2.41. The monoisotopic (exact) mass is 300 g/mol. The highest BCUT2D eigenvalue weighted by Gasteiger charge is 2.43. The van der Waals surface area contributed by atoms with Gasteiger partial charge >= 0.3 is 12.0 Å². The number of urea groups is 1. The van der Waals surface area contributed by atoms with Gasteiger partial charge in [0, 0.05) is 26.2 Å². The quantitative estimate of drug-likeness (QED) is 0.751. The second kappa shape index (κ2) is 8.22. The maximum absolute atomic E-state index is 12.5. The summed E-state index contributed by atoms with van der Waals surface area (Å²) >= 11 is 0. The van der Waals surface area contributed by atoms with Crippen LogP contribution in [0.15, 0.2) is 0 Å². The van der Waals surface area contributed by atoms with E-state index in [1.807, 2.05) is 13.8 Å². The first kappa shape index (κ1) is 17.8. The molecule has 1 aliphatic heterocycles. The summed E-state index contributed by atoms with van der Waals surface area (Å²) in [4.78, 5) is 27.5. The third-order valence-electron chi connectivity index (χ3n) is 4.16. The van der Waals surface area contributed by atoms with Gasteiger partial charge in [0.05, 0.1) is 12.0 Å². The van der Waals surface area contributed by atoms with Crippen molar-refractivity contribution in [3.8, 4) is 0 Å². The molecule has 0 aromatic carbocycles. The minimum absolute atomic E-state index is 0.0708. The molecule has 0 aromatic rings. The van der Waals surface area contributed by atoms with E-state index >= 15 is 0 Å². The molecular weight excluding hydrogens is 272 g/mol. The second-order valence-electron chi connectivity index (χ2n) is 5.85. The molecule has 1 unspecified atom stereocenters. The minimum Gasteiger partial charge on any atom is -0.481 e. The Morgan fingerprint density at radius 2 is 1.95 bits per heavy atom. The van der Waals surface area contributed by atoms with Crippen molar-refractivity contribution in [3.05, 3.63) is 0 Å². The summed E-state index contributed by atoms with van der Waals surface area (Å²) in [5.74, 6) is -0.800.